The first-order valence-corrected chi connectivity index (χ1v) is 7.25. The van der Waals surface area contributed by atoms with E-state index in [0.29, 0.717) is 30.0 Å². The van der Waals surface area contributed by atoms with E-state index in [1.54, 1.807) is 19.2 Å². The zero-order valence-corrected chi connectivity index (χ0v) is 10.7. The second-order valence-electron chi connectivity index (χ2n) is 4.28. The first-order chi connectivity index (χ1) is 8.09. The highest BCUT2D eigenvalue weighted by Crippen LogP contribution is 2.35. The van der Waals surface area contributed by atoms with Gasteiger partial charge < -0.3 is 10.5 Å². The lowest BCUT2D eigenvalue weighted by Gasteiger charge is -2.07. The van der Waals surface area contributed by atoms with Crippen LogP contribution in [0.3, 0.4) is 0 Å². The van der Waals surface area contributed by atoms with Crippen molar-refractivity contribution in [1.29, 1.82) is 0 Å². The van der Waals surface area contributed by atoms with E-state index in [0.717, 1.165) is 12.0 Å². The Morgan fingerprint density at radius 3 is 2.88 bits per heavy atom. The van der Waals surface area contributed by atoms with Crippen LogP contribution in [0.15, 0.2) is 23.1 Å². The topological polar surface area (TPSA) is 69.4 Å². The fraction of sp³-hybridized carbons (Fsp3) is 0.500. The van der Waals surface area contributed by atoms with E-state index in [9.17, 15) is 8.42 Å². The molecule has 0 saturated carbocycles. The van der Waals surface area contributed by atoms with Crippen molar-refractivity contribution in [3.05, 3.63) is 23.8 Å². The summed E-state index contributed by atoms with van der Waals surface area (Å²) in [6, 6.07) is 5.16. The lowest BCUT2D eigenvalue weighted by molar-refractivity contribution is 0.414. The summed E-state index contributed by atoms with van der Waals surface area (Å²) in [6.07, 6.45) is 1.96. The van der Waals surface area contributed by atoms with E-state index in [-0.39, 0.29) is 5.25 Å². The molecule has 0 saturated heterocycles. The zero-order valence-electron chi connectivity index (χ0n) is 9.85. The fourth-order valence-corrected chi connectivity index (χ4v) is 4.26. The second-order valence-corrected chi connectivity index (χ2v) is 6.47. The summed E-state index contributed by atoms with van der Waals surface area (Å²) in [4.78, 5) is 0.459. The van der Waals surface area contributed by atoms with E-state index in [1.807, 2.05) is 6.07 Å². The minimum Gasteiger partial charge on any atom is -0.497 e. The lowest BCUT2D eigenvalue weighted by Crippen LogP contribution is -2.18. The number of hydrogen-bond acceptors (Lipinski definition) is 4. The van der Waals surface area contributed by atoms with Gasteiger partial charge in [-0.05, 0) is 49.6 Å². The van der Waals surface area contributed by atoms with Gasteiger partial charge in [-0.1, -0.05) is 0 Å². The van der Waals surface area contributed by atoms with Gasteiger partial charge in [0, 0.05) is 0 Å². The van der Waals surface area contributed by atoms with Crippen LogP contribution in [0.25, 0.3) is 0 Å². The van der Waals surface area contributed by atoms with Gasteiger partial charge >= 0.3 is 0 Å². The average molecular weight is 255 g/mol. The summed E-state index contributed by atoms with van der Waals surface area (Å²) in [7, 11) is -1.57. The number of rotatable bonds is 4. The molecule has 0 bridgehead atoms. The molecule has 17 heavy (non-hydrogen) atoms. The quantitative estimate of drug-likeness (QED) is 0.875. The molecular weight excluding hydrogens is 238 g/mol. The van der Waals surface area contributed by atoms with Crippen molar-refractivity contribution in [1.82, 2.24) is 0 Å². The molecule has 1 aromatic rings. The van der Waals surface area contributed by atoms with Crippen LogP contribution in [0.1, 0.15) is 18.4 Å². The Labute approximate surface area is 102 Å². The maximum Gasteiger partial charge on any atom is 0.181 e. The number of fused-ring (bicyclic) bond motifs is 1. The maximum absolute atomic E-state index is 12.2. The van der Waals surface area contributed by atoms with Crippen molar-refractivity contribution in [3.8, 4) is 5.75 Å². The predicted molar refractivity (Wildman–Crippen MR) is 66.0 cm³/mol. The molecule has 1 heterocycles. The van der Waals surface area contributed by atoms with Gasteiger partial charge in [-0.2, -0.15) is 0 Å². The molecule has 1 aromatic carbocycles. The number of benzene rings is 1. The normalized spacial score (nSPS) is 21.2. The molecule has 4 nitrogen and oxygen atoms in total. The smallest absolute Gasteiger partial charge is 0.181 e. The van der Waals surface area contributed by atoms with Crippen molar-refractivity contribution in [3.63, 3.8) is 0 Å². The zero-order chi connectivity index (χ0) is 12.5. The van der Waals surface area contributed by atoms with Gasteiger partial charge in [0.1, 0.15) is 5.75 Å². The van der Waals surface area contributed by atoms with Crippen LogP contribution in [0, 0.1) is 0 Å². The Bertz CT molecular complexity index is 510. The minimum atomic E-state index is -3.15. The third-order valence-corrected chi connectivity index (χ3v) is 5.48. The van der Waals surface area contributed by atoms with Gasteiger partial charge in [0.25, 0.3) is 0 Å². The van der Waals surface area contributed by atoms with Crippen LogP contribution in [-0.2, 0) is 16.3 Å². The number of nitrogens with two attached hydrogens (primary N) is 1. The summed E-state index contributed by atoms with van der Waals surface area (Å²) < 4.78 is 29.5. The molecule has 0 aliphatic carbocycles. The van der Waals surface area contributed by atoms with Gasteiger partial charge in [0.05, 0.1) is 17.3 Å². The van der Waals surface area contributed by atoms with Crippen molar-refractivity contribution in [2.24, 2.45) is 5.73 Å². The Morgan fingerprint density at radius 1 is 1.47 bits per heavy atom. The van der Waals surface area contributed by atoms with Gasteiger partial charge in [0.2, 0.25) is 0 Å². The lowest BCUT2D eigenvalue weighted by atomic mass is 10.1. The number of ether oxygens (including phenoxy) is 1. The SMILES string of the molecule is COc1ccc2c(c1)CC(CCCN)S2(=O)=O. The molecule has 1 unspecified atom stereocenters. The van der Waals surface area contributed by atoms with Crippen LogP contribution in [0.4, 0.5) is 0 Å². The van der Waals surface area contributed by atoms with E-state index < -0.39 is 9.84 Å². The van der Waals surface area contributed by atoms with E-state index in [2.05, 4.69) is 0 Å². The van der Waals surface area contributed by atoms with Crippen molar-refractivity contribution in [2.75, 3.05) is 13.7 Å². The first kappa shape index (κ1) is 12.4. The van der Waals surface area contributed by atoms with Crippen LogP contribution < -0.4 is 10.5 Å². The van der Waals surface area contributed by atoms with Crippen LogP contribution in [0.5, 0.6) is 5.75 Å². The first-order valence-electron chi connectivity index (χ1n) is 5.70. The van der Waals surface area contributed by atoms with Gasteiger partial charge in [-0.15, -0.1) is 0 Å². The molecule has 0 amide bonds. The third kappa shape index (κ3) is 2.17. The van der Waals surface area contributed by atoms with E-state index in [4.69, 9.17) is 10.5 Å². The Balaban J connectivity index is 2.32. The maximum atomic E-state index is 12.2. The van der Waals surface area contributed by atoms with E-state index >= 15 is 0 Å². The summed E-state index contributed by atoms with van der Waals surface area (Å²) >= 11 is 0. The molecular formula is C12H17NO3S. The largest absolute Gasteiger partial charge is 0.497 e. The van der Waals surface area contributed by atoms with Crippen molar-refractivity contribution in [2.45, 2.75) is 29.4 Å². The summed E-state index contributed by atoms with van der Waals surface area (Å²) in [5.74, 6) is 0.707. The molecule has 0 spiro atoms. The third-order valence-electron chi connectivity index (χ3n) is 3.19. The number of sulfone groups is 1. The summed E-state index contributed by atoms with van der Waals surface area (Å²) in [5, 5.41) is -0.312. The van der Waals surface area contributed by atoms with Gasteiger partial charge in [-0.25, -0.2) is 8.42 Å². The minimum absolute atomic E-state index is 0.312. The molecule has 2 N–H and O–H groups in total. The van der Waals surface area contributed by atoms with E-state index in [1.165, 1.54) is 0 Å². The Hall–Kier alpha value is -1.07. The standard InChI is InChI=1S/C12H17NO3S/c1-16-10-4-5-12-9(7-10)8-11(3-2-6-13)17(12,14)15/h4-5,7,11H,2-3,6,8,13H2,1H3. The summed E-state index contributed by atoms with van der Waals surface area (Å²) in [5.41, 5.74) is 6.30. The van der Waals surface area contributed by atoms with Crippen molar-refractivity contribution >= 4 is 9.84 Å². The summed E-state index contributed by atoms with van der Waals surface area (Å²) in [6.45, 7) is 0.533. The molecule has 2 rings (SSSR count). The van der Waals surface area contributed by atoms with Crippen LogP contribution in [-0.4, -0.2) is 27.3 Å². The van der Waals surface area contributed by atoms with Gasteiger partial charge in [-0.3, -0.25) is 0 Å². The second kappa shape index (κ2) is 4.66. The monoisotopic (exact) mass is 255 g/mol. The molecule has 5 heteroatoms. The van der Waals surface area contributed by atoms with Crippen LogP contribution >= 0.6 is 0 Å². The number of methoxy groups -OCH3 is 1. The molecule has 0 aromatic heterocycles. The molecule has 0 radical (unpaired) electrons. The molecule has 1 aliphatic rings. The van der Waals surface area contributed by atoms with Crippen LogP contribution in [0.2, 0.25) is 0 Å². The van der Waals surface area contributed by atoms with Crippen molar-refractivity contribution < 1.29 is 13.2 Å². The Kier molecular flexibility index (Phi) is 3.40. The fourth-order valence-electron chi connectivity index (χ4n) is 2.26. The molecule has 1 atom stereocenters. The highest BCUT2D eigenvalue weighted by atomic mass is 32.2. The van der Waals surface area contributed by atoms with Gasteiger partial charge in [0.15, 0.2) is 9.84 Å². The average Bonchev–Trinajstić information content (AvgIpc) is 2.57. The predicted octanol–water partition coefficient (Wildman–Crippen LogP) is 1.13. The highest BCUT2D eigenvalue weighted by molar-refractivity contribution is 7.92. The highest BCUT2D eigenvalue weighted by Gasteiger charge is 2.36. The molecule has 0 fully saturated rings. The molecule has 1 aliphatic heterocycles. The number of hydrogen-bond donors (Lipinski definition) is 1. The molecule has 94 valence electrons. The Morgan fingerprint density at radius 2 is 2.24 bits per heavy atom.